The van der Waals surface area contributed by atoms with Gasteiger partial charge < -0.3 is 14.8 Å². The van der Waals surface area contributed by atoms with Crippen molar-refractivity contribution in [2.24, 2.45) is 0 Å². The normalized spacial score (nSPS) is 16.5. The summed E-state index contributed by atoms with van der Waals surface area (Å²) in [5.41, 5.74) is 3.66. The second-order valence-electron chi connectivity index (χ2n) is 6.77. The predicted molar refractivity (Wildman–Crippen MR) is 105 cm³/mol. The molecule has 1 saturated heterocycles. The highest BCUT2D eigenvalue weighted by molar-refractivity contribution is 5.53. The molecule has 1 fully saturated rings. The molecule has 3 aromatic rings. The second-order valence-corrected chi connectivity index (χ2v) is 6.77. The fraction of sp³-hybridized carbons (Fsp3) is 0.381. The van der Waals surface area contributed by atoms with Crippen molar-refractivity contribution < 1.29 is 9.47 Å². The van der Waals surface area contributed by atoms with Gasteiger partial charge in [0.05, 0.1) is 32.0 Å². The van der Waals surface area contributed by atoms with Gasteiger partial charge in [0.2, 0.25) is 0 Å². The zero-order chi connectivity index (χ0) is 18.5. The third kappa shape index (κ3) is 4.13. The average Bonchev–Trinajstić information content (AvgIpc) is 3.15. The molecular weight excluding hydrogens is 340 g/mol. The van der Waals surface area contributed by atoms with Gasteiger partial charge in [-0.1, -0.05) is 18.2 Å². The standard InChI is InChI=1S/C21H26N4O2/c1-26-19-7-5-17(6-8-19)21(24-10-12-27-13-11-24)16-22-14-18-15-23-25-9-3-2-4-20(18)25/h2-9,15,21-22H,10-14,16H2,1H3. The van der Waals surface area contributed by atoms with Crippen molar-refractivity contribution >= 4 is 5.52 Å². The second kappa shape index (κ2) is 8.52. The number of methoxy groups -OCH3 is 1. The van der Waals surface area contributed by atoms with Crippen molar-refractivity contribution in [2.45, 2.75) is 12.6 Å². The van der Waals surface area contributed by atoms with Crippen molar-refractivity contribution in [3.63, 3.8) is 0 Å². The fourth-order valence-electron chi connectivity index (χ4n) is 3.64. The minimum atomic E-state index is 0.307. The van der Waals surface area contributed by atoms with E-state index in [1.807, 2.05) is 35.1 Å². The van der Waals surface area contributed by atoms with Gasteiger partial charge in [0.15, 0.2) is 0 Å². The molecule has 4 rings (SSSR count). The summed E-state index contributed by atoms with van der Waals surface area (Å²) in [5.74, 6) is 0.888. The zero-order valence-electron chi connectivity index (χ0n) is 15.7. The molecule has 1 unspecified atom stereocenters. The van der Waals surface area contributed by atoms with Crippen LogP contribution >= 0.6 is 0 Å². The highest BCUT2D eigenvalue weighted by Crippen LogP contribution is 2.24. The van der Waals surface area contributed by atoms with Crippen molar-refractivity contribution in [1.82, 2.24) is 19.8 Å². The van der Waals surface area contributed by atoms with E-state index in [-0.39, 0.29) is 0 Å². The minimum absolute atomic E-state index is 0.307. The molecule has 1 aliphatic rings. The van der Waals surface area contributed by atoms with Crippen LogP contribution < -0.4 is 10.1 Å². The average molecular weight is 366 g/mol. The Morgan fingerprint density at radius 3 is 2.74 bits per heavy atom. The lowest BCUT2D eigenvalue weighted by Gasteiger charge is -2.35. The maximum atomic E-state index is 5.54. The van der Waals surface area contributed by atoms with Crippen LogP contribution in [0.5, 0.6) is 5.75 Å². The first-order chi connectivity index (χ1) is 13.3. The molecule has 6 heteroatoms. The highest BCUT2D eigenvalue weighted by atomic mass is 16.5. The highest BCUT2D eigenvalue weighted by Gasteiger charge is 2.22. The lowest BCUT2D eigenvalue weighted by atomic mass is 10.0. The number of aromatic nitrogens is 2. The van der Waals surface area contributed by atoms with Gasteiger partial charge in [-0.2, -0.15) is 5.10 Å². The molecule has 0 spiro atoms. The Labute approximate surface area is 159 Å². The molecule has 27 heavy (non-hydrogen) atoms. The maximum absolute atomic E-state index is 5.54. The van der Waals surface area contributed by atoms with Crippen LogP contribution in [-0.2, 0) is 11.3 Å². The molecule has 1 aliphatic heterocycles. The number of nitrogens with one attached hydrogen (secondary N) is 1. The van der Waals surface area contributed by atoms with E-state index in [0.29, 0.717) is 6.04 Å². The van der Waals surface area contributed by atoms with Gasteiger partial charge in [0.1, 0.15) is 5.75 Å². The number of ether oxygens (including phenoxy) is 2. The third-order valence-electron chi connectivity index (χ3n) is 5.15. The van der Waals surface area contributed by atoms with Crippen LogP contribution in [0.15, 0.2) is 54.9 Å². The molecule has 0 aliphatic carbocycles. The van der Waals surface area contributed by atoms with E-state index in [1.54, 1.807) is 7.11 Å². The van der Waals surface area contributed by atoms with Crippen LogP contribution in [0.3, 0.4) is 0 Å². The van der Waals surface area contributed by atoms with Gasteiger partial charge in [0.25, 0.3) is 0 Å². The van der Waals surface area contributed by atoms with E-state index in [2.05, 4.69) is 39.6 Å². The minimum Gasteiger partial charge on any atom is -0.497 e. The Hall–Kier alpha value is -2.41. The summed E-state index contributed by atoms with van der Waals surface area (Å²) < 4.78 is 12.8. The smallest absolute Gasteiger partial charge is 0.118 e. The van der Waals surface area contributed by atoms with Crippen LogP contribution in [-0.4, -0.2) is 54.5 Å². The fourth-order valence-corrected chi connectivity index (χ4v) is 3.64. The van der Waals surface area contributed by atoms with Gasteiger partial charge in [-0.15, -0.1) is 0 Å². The topological polar surface area (TPSA) is 51.0 Å². The molecule has 1 aromatic carbocycles. The summed E-state index contributed by atoms with van der Waals surface area (Å²) >= 11 is 0. The van der Waals surface area contributed by atoms with E-state index < -0.39 is 0 Å². The van der Waals surface area contributed by atoms with E-state index in [1.165, 1.54) is 11.1 Å². The Morgan fingerprint density at radius 1 is 1.15 bits per heavy atom. The molecule has 0 bridgehead atoms. The summed E-state index contributed by atoms with van der Waals surface area (Å²) in [7, 11) is 1.70. The Bertz CT molecular complexity index is 856. The van der Waals surface area contributed by atoms with Gasteiger partial charge in [0, 0.05) is 44.0 Å². The summed E-state index contributed by atoms with van der Waals surface area (Å²) in [6.45, 7) is 5.16. The first-order valence-corrected chi connectivity index (χ1v) is 9.43. The van der Waals surface area contributed by atoms with Crippen LogP contribution in [0.1, 0.15) is 17.2 Å². The van der Waals surface area contributed by atoms with Gasteiger partial charge in [-0.25, -0.2) is 4.52 Å². The summed E-state index contributed by atoms with van der Waals surface area (Å²) in [4.78, 5) is 2.49. The van der Waals surface area contributed by atoms with E-state index >= 15 is 0 Å². The molecule has 0 saturated carbocycles. The van der Waals surface area contributed by atoms with Gasteiger partial charge in [-0.05, 0) is 29.8 Å². The summed E-state index contributed by atoms with van der Waals surface area (Å²) in [5, 5.41) is 8.06. The van der Waals surface area contributed by atoms with Crippen molar-refractivity contribution in [2.75, 3.05) is 40.0 Å². The number of hydrogen-bond donors (Lipinski definition) is 1. The zero-order valence-corrected chi connectivity index (χ0v) is 15.7. The molecule has 2 aromatic heterocycles. The lowest BCUT2D eigenvalue weighted by molar-refractivity contribution is 0.0161. The van der Waals surface area contributed by atoms with Crippen molar-refractivity contribution in [3.8, 4) is 5.75 Å². The predicted octanol–water partition coefficient (Wildman–Crippen LogP) is 2.51. The molecule has 0 amide bonds. The molecule has 1 atom stereocenters. The molecule has 0 radical (unpaired) electrons. The number of benzene rings is 1. The monoisotopic (exact) mass is 366 g/mol. The van der Waals surface area contributed by atoms with Crippen LogP contribution in [0.2, 0.25) is 0 Å². The summed E-state index contributed by atoms with van der Waals surface area (Å²) in [6, 6.07) is 14.9. The number of rotatable bonds is 7. The molecule has 142 valence electrons. The Morgan fingerprint density at radius 2 is 1.96 bits per heavy atom. The number of hydrogen-bond acceptors (Lipinski definition) is 5. The number of nitrogens with zero attached hydrogens (tertiary/aromatic N) is 3. The molecule has 1 N–H and O–H groups in total. The van der Waals surface area contributed by atoms with Crippen LogP contribution in [0, 0.1) is 0 Å². The Kier molecular flexibility index (Phi) is 5.67. The van der Waals surface area contributed by atoms with Gasteiger partial charge in [-0.3, -0.25) is 4.90 Å². The van der Waals surface area contributed by atoms with Crippen molar-refractivity contribution in [3.05, 3.63) is 66.0 Å². The van der Waals surface area contributed by atoms with Gasteiger partial charge >= 0.3 is 0 Å². The number of fused-ring (bicyclic) bond motifs is 1. The van der Waals surface area contributed by atoms with E-state index in [0.717, 1.165) is 50.7 Å². The van der Waals surface area contributed by atoms with E-state index in [9.17, 15) is 0 Å². The third-order valence-corrected chi connectivity index (χ3v) is 5.15. The molecular formula is C21H26N4O2. The van der Waals surface area contributed by atoms with Crippen LogP contribution in [0.4, 0.5) is 0 Å². The number of pyridine rings is 1. The largest absolute Gasteiger partial charge is 0.497 e. The summed E-state index contributed by atoms with van der Waals surface area (Å²) in [6.07, 6.45) is 3.92. The van der Waals surface area contributed by atoms with Crippen LogP contribution in [0.25, 0.3) is 5.52 Å². The lowest BCUT2D eigenvalue weighted by Crippen LogP contribution is -2.42. The first-order valence-electron chi connectivity index (χ1n) is 9.43. The van der Waals surface area contributed by atoms with Crippen molar-refractivity contribution in [1.29, 1.82) is 0 Å². The SMILES string of the molecule is COc1ccc(C(CNCc2cnn3ccccc23)N2CCOCC2)cc1. The van der Waals surface area contributed by atoms with E-state index in [4.69, 9.17) is 9.47 Å². The number of morpholine rings is 1. The molecule has 6 nitrogen and oxygen atoms in total. The maximum Gasteiger partial charge on any atom is 0.118 e. The Balaban J connectivity index is 1.46. The first kappa shape index (κ1) is 18.0. The quantitative estimate of drug-likeness (QED) is 0.696. The molecule has 3 heterocycles.